The molecule has 3 fully saturated rings. The number of carbonyl (C=O) groups excluding carboxylic acids is 2. The fraction of sp³-hybridized carbons (Fsp3) is 0.579. The number of hydroxylamine groups is 2. The molecule has 31 heavy (non-hydrogen) atoms. The van der Waals surface area contributed by atoms with Crippen molar-refractivity contribution < 1.29 is 27.1 Å². The number of nitrogens with zero attached hydrogens (tertiary/aromatic N) is 4. The maximum Gasteiger partial charge on any atom is 0.414 e. The van der Waals surface area contributed by atoms with Crippen LogP contribution in [0.25, 0.3) is 0 Å². The highest BCUT2D eigenvalue weighted by molar-refractivity contribution is 7.88. The van der Waals surface area contributed by atoms with Gasteiger partial charge >= 0.3 is 6.09 Å². The number of halogens is 1. The lowest BCUT2D eigenvalue weighted by molar-refractivity contribution is -0.127. The summed E-state index contributed by atoms with van der Waals surface area (Å²) in [7, 11) is -3.22. The first kappa shape index (κ1) is 21.8. The minimum atomic E-state index is -3.22. The molecule has 3 atom stereocenters. The van der Waals surface area contributed by atoms with Crippen molar-refractivity contribution in [1.82, 2.24) is 9.37 Å². The third kappa shape index (κ3) is 4.32. The second kappa shape index (κ2) is 7.92. The van der Waals surface area contributed by atoms with E-state index in [9.17, 15) is 27.6 Å². The number of amides is 2. The second-order valence-electron chi connectivity index (χ2n) is 8.34. The van der Waals surface area contributed by atoms with Crippen LogP contribution in [-0.4, -0.2) is 81.4 Å². The Morgan fingerprint density at radius 3 is 2.42 bits per heavy atom. The summed E-state index contributed by atoms with van der Waals surface area (Å²) in [6, 6.07) is 4.45. The smallest absolute Gasteiger partial charge is 0.414 e. The van der Waals surface area contributed by atoms with E-state index in [-0.39, 0.29) is 30.0 Å². The number of rotatable bonds is 5. The molecule has 12 heteroatoms. The summed E-state index contributed by atoms with van der Waals surface area (Å²) in [5.74, 6) is -0.873. The lowest BCUT2D eigenvalue weighted by Gasteiger charge is -2.28. The van der Waals surface area contributed by atoms with Crippen molar-refractivity contribution in [3.63, 3.8) is 0 Å². The van der Waals surface area contributed by atoms with Crippen LogP contribution < -0.4 is 9.80 Å². The van der Waals surface area contributed by atoms with Gasteiger partial charge in [-0.05, 0) is 30.0 Å². The van der Waals surface area contributed by atoms with E-state index in [2.05, 4.69) is 0 Å². The van der Waals surface area contributed by atoms with Crippen molar-refractivity contribution in [2.75, 3.05) is 55.3 Å². The minimum Gasteiger partial charge on any atom is -0.756 e. The van der Waals surface area contributed by atoms with Gasteiger partial charge in [0.25, 0.3) is 0 Å². The van der Waals surface area contributed by atoms with Gasteiger partial charge in [0.15, 0.2) is 0 Å². The normalized spacial score (nSPS) is 26.3. The molecule has 0 saturated carbocycles. The molecule has 0 spiro atoms. The number of anilines is 2. The summed E-state index contributed by atoms with van der Waals surface area (Å²) in [5, 5.41) is 11.7. The molecule has 0 radical (unpaired) electrons. The van der Waals surface area contributed by atoms with Gasteiger partial charge < -0.3 is 19.9 Å². The van der Waals surface area contributed by atoms with E-state index < -0.39 is 33.9 Å². The summed E-state index contributed by atoms with van der Waals surface area (Å²) >= 11 is 0. The van der Waals surface area contributed by atoms with Crippen molar-refractivity contribution in [3.8, 4) is 0 Å². The summed E-state index contributed by atoms with van der Waals surface area (Å²) < 4.78 is 45.0. The highest BCUT2D eigenvalue weighted by atomic mass is 32.2. The van der Waals surface area contributed by atoms with Gasteiger partial charge in [0, 0.05) is 39.6 Å². The number of benzene rings is 1. The first-order chi connectivity index (χ1) is 14.5. The van der Waals surface area contributed by atoms with Crippen LogP contribution in [0.15, 0.2) is 18.2 Å². The van der Waals surface area contributed by atoms with Crippen molar-refractivity contribution in [3.05, 3.63) is 29.2 Å². The lowest BCUT2D eigenvalue weighted by Crippen LogP contribution is -2.34. The van der Waals surface area contributed by atoms with Gasteiger partial charge in [0.05, 0.1) is 24.2 Å². The maximum atomic E-state index is 14.9. The molecule has 4 rings (SSSR count). The largest absolute Gasteiger partial charge is 0.756 e. The molecule has 1 aromatic rings. The molecule has 0 N–H and O–H groups in total. The number of fused-ring (bicyclic) bond motifs is 1. The van der Waals surface area contributed by atoms with Crippen LogP contribution in [-0.2, 0) is 19.6 Å². The maximum absolute atomic E-state index is 14.9. The Bertz CT molecular complexity index is 991. The van der Waals surface area contributed by atoms with Crippen molar-refractivity contribution in [2.45, 2.75) is 13.0 Å². The molecule has 3 aliphatic rings. The Morgan fingerprint density at radius 2 is 1.87 bits per heavy atom. The van der Waals surface area contributed by atoms with Gasteiger partial charge in [-0.2, -0.15) is 0 Å². The monoisotopic (exact) mass is 455 g/mol. The molecule has 0 bridgehead atoms. The SMILES string of the molecule is CC(=O)N([O-])CC1CN(c2ccc(N3C[C@@H]4CN(S(C)(=O)=O)C[C@@H]4C3)c(F)c2)C(=O)O1. The van der Waals surface area contributed by atoms with Gasteiger partial charge in [-0.1, -0.05) is 0 Å². The molecule has 3 aliphatic heterocycles. The second-order valence-corrected chi connectivity index (χ2v) is 10.3. The summed E-state index contributed by atoms with van der Waals surface area (Å²) in [6.45, 7) is 2.89. The average Bonchev–Trinajstić information content (AvgIpc) is 3.34. The highest BCUT2D eigenvalue weighted by Crippen LogP contribution is 2.37. The first-order valence-corrected chi connectivity index (χ1v) is 11.8. The van der Waals surface area contributed by atoms with Gasteiger partial charge in [0.2, 0.25) is 15.9 Å². The van der Waals surface area contributed by atoms with E-state index in [0.717, 1.165) is 6.92 Å². The standard InChI is InChI=1S/C19H24FN4O6S/c1-12(25)24(27)11-16-10-23(19(26)30-16)15-3-4-18(17(20)5-15)21-6-13-8-22(31(2,28)29)9-14(13)7-21/h3-5,13-14,16H,6-11H2,1-2H3/q-1/t13-,14+,16?. The van der Waals surface area contributed by atoms with Crippen LogP contribution in [0.4, 0.5) is 20.6 Å². The molecule has 2 amide bonds. The zero-order valence-corrected chi connectivity index (χ0v) is 18.0. The Kier molecular flexibility index (Phi) is 5.56. The molecule has 1 aromatic carbocycles. The molecule has 0 aliphatic carbocycles. The quantitative estimate of drug-likeness (QED) is 0.604. The third-order valence-corrected chi connectivity index (χ3v) is 7.34. The number of hydrogen-bond acceptors (Lipinski definition) is 7. The van der Waals surface area contributed by atoms with Crippen molar-refractivity contribution in [1.29, 1.82) is 0 Å². The lowest BCUT2D eigenvalue weighted by atomic mass is 10.0. The first-order valence-electron chi connectivity index (χ1n) is 9.96. The Labute approximate surface area is 179 Å². The zero-order chi connectivity index (χ0) is 22.5. The number of cyclic esters (lactones) is 1. The molecule has 3 saturated heterocycles. The van der Waals surface area contributed by atoms with E-state index in [1.54, 1.807) is 12.1 Å². The van der Waals surface area contributed by atoms with Crippen LogP contribution in [0.5, 0.6) is 0 Å². The summed E-state index contributed by atoms with van der Waals surface area (Å²) in [6.07, 6.45) is -0.287. The Balaban J connectivity index is 1.42. The predicted molar refractivity (Wildman–Crippen MR) is 110 cm³/mol. The van der Waals surface area contributed by atoms with E-state index in [0.29, 0.717) is 37.6 Å². The average molecular weight is 455 g/mol. The van der Waals surface area contributed by atoms with Crippen molar-refractivity contribution in [2.24, 2.45) is 11.8 Å². The van der Waals surface area contributed by atoms with Crippen LogP contribution in [0.3, 0.4) is 0 Å². The topological polar surface area (TPSA) is 114 Å². The molecule has 0 aromatic heterocycles. The highest BCUT2D eigenvalue weighted by Gasteiger charge is 2.43. The molecule has 170 valence electrons. The molecule has 3 heterocycles. The van der Waals surface area contributed by atoms with Gasteiger partial charge in [-0.15, -0.1) is 0 Å². The van der Waals surface area contributed by atoms with Crippen LogP contribution >= 0.6 is 0 Å². The van der Waals surface area contributed by atoms with Crippen molar-refractivity contribution >= 4 is 33.4 Å². The van der Waals surface area contributed by atoms with E-state index in [1.165, 1.54) is 21.5 Å². The summed E-state index contributed by atoms with van der Waals surface area (Å²) in [5.41, 5.74) is 0.701. The number of sulfonamides is 1. The summed E-state index contributed by atoms with van der Waals surface area (Å²) in [4.78, 5) is 26.4. The zero-order valence-electron chi connectivity index (χ0n) is 17.2. The van der Waals surface area contributed by atoms with E-state index in [1.807, 2.05) is 4.90 Å². The molecular weight excluding hydrogens is 431 g/mol. The molecule has 10 nitrogen and oxygen atoms in total. The fourth-order valence-corrected chi connectivity index (χ4v) is 5.40. The number of hydrogen-bond donors (Lipinski definition) is 0. The third-order valence-electron chi connectivity index (χ3n) is 6.10. The fourth-order valence-electron chi connectivity index (χ4n) is 4.48. The molecule has 1 unspecified atom stereocenters. The van der Waals surface area contributed by atoms with Crippen LogP contribution in [0, 0.1) is 22.9 Å². The van der Waals surface area contributed by atoms with Crippen LogP contribution in [0.1, 0.15) is 6.92 Å². The van der Waals surface area contributed by atoms with Gasteiger partial charge in [-0.3, -0.25) is 9.69 Å². The molecular formula is C19H24FN4O6S-. The number of ether oxygens (including phenoxy) is 1. The minimum absolute atomic E-state index is 0.0405. The van der Waals surface area contributed by atoms with Gasteiger partial charge in [-0.25, -0.2) is 21.9 Å². The van der Waals surface area contributed by atoms with Gasteiger partial charge in [0.1, 0.15) is 11.9 Å². The van der Waals surface area contributed by atoms with E-state index >= 15 is 0 Å². The Hall–Kier alpha value is -2.44. The Morgan fingerprint density at radius 1 is 1.23 bits per heavy atom. The van der Waals surface area contributed by atoms with E-state index in [4.69, 9.17) is 4.74 Å². The number of carbonyl (C=O) groups is 2. The predicted octanol–water partition coefficient (Wildman–Crippen LogP) is 0.825. The van der Waals surface area contributed by atoms with Crippen LogP contribution in [0.2, 0.25) is 0 Å².